The van der Waals surface area contributed by atoms with E-state index in [1.807, 2.05) is 41.5 Å². The van der Waals surface area contributed by atoms with Gasteiger partial charge in [-0.1, -0.05) is 13.8 Å². The van der Waals surface area contributed by atoms with Crippen molar-refractivity contribution in [3.8, 4) is 0 Å². The highest BCUT2D eigenvalue weighted by Gasteiger charge is 2.33. The molecule has 1 saturated heterocycles. The lowest BCUT2D eigenvalue weighted by Crippen LogP contribution is -2.39. The SMILES string of the molecule is CC.C[C@@H]1C[C@@H](O)CN1C(=O)OC(C)(C)C. The zero-order valence-electron chi connectivity index (χ0n) is 11.3. The molecule has 1 rings (SSSR count). The molecular formula is C12H25NO3. The van der Waals surface area contributed by atoms with Crippen LogP contribution in [0, 0.1) is 0 Å². The number of carbonyl (C=O) groups excluding carboxylic acids is 1. The van der Waals surface area contributed by atoms with Crippen molar-refractivity contribution in [2.45, 2.75) is 65.7 Å². The largest absolute Gasteiger partial charge is 0.444 e. The van der Waals surface area contributed by atoms with E-state index in [0.717, 1.165) is 0 Å². The van der Waals surface area contributed by atoms with Crippen molar-refractivity contribution in [2.24, 2.45) is 0 Å². The van der Waals surface area contributed by atoms with Gasteiger partial charge in [-0.05, 0) is 34.1 Å². The summed E-state index contributed by atoms with van der Waals surface area (Å²) in [6.07, 6.45) is -0.0988. The fourth-order valence-electron chi connectivity index (χ4n) is 1.58. The van der Waals surface area contributed by atoms with Crippen LogP contribution in [0.3, 0.4) is 0 Å². The van der Waals surface area contributed by atoms with E-state index >= 15 is 0 Å². The number of aliphatic hydroxyl groups is 1. The van der Waals surface area contributed by atoms with Crippen molar-refractivity contribution in [3.05, 3.63) is 0 Å². The number of nitrogens with zero attached hydrogens (tertiary/aromatic N) is 1. The molecule has 1 heterocycles. The highest BCUT2D eigenvalue weighted by atomic mass is 16.6. The van der Waals surface area contributed by atoms with Crippen LogP contribution >= 0.6 is 0 Å². The lowest BCUT2D eigenvalue weighted by atomic mass is 10.2. The molecule has 1 N–H and O–H groups in total. The minimum Gasteiger partial charge on any atom is -0.444 e. The van der Waals surface area contributed by atoms with Gasteiger partial charge in [-0.3, -0.25) is 0 Å². The van der Waals surface area contributed by atoms with Crippen LogP contribution in [0.25, 0.3) is 0 Å². The minimum absolute atomic E-state index is 0.0693. The Hall–Kier alpha value is -0.770. The van der Waals surface area contributed by atoms with Crippen molar-refractivity contribution in [2.75, 3.05) is 6.54 Å². The maximum Gasteiger partial charge on any atom is 0.410 e. The summed E-state index contributed by atoms with van der Waals surface area (Å²) < 4.78 is 5.22. The van der Waals surface area contributed by atoms with Gasteiger partial charge in [0.2, 0.25) is 0 Å². The van der Waals surface area contributed by atoms with Crippen molar-refractivity contribution < 1.29 is 14.6 Å². The van der Waals surface area contributed by atoms with Gasteiger partial charge in [0.05, 0.1) is 12.6 Å². The predicted octanol–water partition coefficient (Wildman–Crippen LogP) is 2.40. The van der Waals surface area contributed by atoms with Crippen LogP contribution in [0.15, 0.2) is 0 Å². The van der Waals surface area contributed by atoms with Crippen LogP contribution in [0.5, 0.6) is 0 Å². The van der Waals surface area contributed by atoms with E-state index in [4.69, 9.17) is 4.74 Å². The van der Waals surface area contributed by atoms with Crippen molar-refractivity contribution in [1.29, 1.82) is 0 Å². The van der Waals surface area contributed by atoms with E-state index < -0.39 is 11.7 Å². The monoisotopic (exact) mass is 231 g/mol. The number of rotatable bonds is 0. The summed E-state index contributed by atoms with van der Waals surface area (Å²) in [5.41, 5.74) is -0.468. The first-order chi connectivity index (χ1) is 7.29. The van der Waals surface area contributed by atoms with Crippen LogP contribution < -0.4 is 0 Å². The zero-order valence-corrected chi connectivity index (χ0v) is 11.3. The molecular weight excluding hydrogens is 206 g/mol. The molecule has 4 heteroatoms. The van der Waals surface area contributed by atoms with E-state index in [1.165, 1.54) is 0 Å². The summed E-state index contributed by atoms with van der Waals surface area (Å²) in [6.45, 7) is 11.8. The van der Waals surface area contributed by atoms with Crippen LogP contribution in [-0.2, 0) is 4.74 Å². The third kappa shape index (κ3) is 4.84. The molecule has 0 aliphatic carbocycles. The molecule has 0 spiro atoms. The average molecular weight is 231 g/mol. The van der Waals surface area contributed by atoms with E-state index in [9.17, 15) is 9.90 Å². The maximum absolute atomic E-state index is 11.6. The third-order valence-electron chi connectivity index (χ3n) is 2.18. The van der Waals surface area contributed by atoms with Gasteiger partial charge in [0.15, 0.2) is 0 Å². The van der Waals surface area contributed by atoms with Gasteiger partial charge >= 0.3 is 6.09 Å². The summed E-state index contributed by atoms with van der Waals surface area (Å²) in [4.78, 5) is 13.2. The van der Waals surface area contributed by atoms with E-state index in [-0.39, 0.29) is 12.1 Å². The van der Waals surface area contributed by atoms with Gasteiger partial charge in [0.25, 0.3) is 0 Å². The molecule has 96 valence electrons. The second-order valence-electron chi connectivity index (χ2n) is 4.87. The molecule has 0 unspecified atom stereocenters. The van der Waals surface area contributed by atoms with Gasteiger partial charge in [0, 0.05) is 6.04 Å². The van der Waals surface area contributed by atoms with Gasteiger partial charge in [-0.15, -0.1) is 0 Å². The molecule has 16 heavy (non-hydrogen) atoms. The molecule has 0 radical (unpaired) electrons. The first kappa shape index (κ1) is 15.2. The number of hydrogen-bond donors (Lipinski definition) is 1. The molecule has 0 aromatic carbocycles. The second-order valence-corrected chi connectivity index (χ2v) is 4.87. The first-order valence-corrected chi connectivity index (χ1v) is 5.97. The molecule has 1 aliphatic heterocycles. The molecule has 0 aromatic heterocycles. The van der Waals surface area contributed by atoms with E-state index in [0.29, 0.717) is 13.0 Å². The Morgan fingerprint density at radius 3 is 2.19 bits per heavy atom. The number of ether oxygens (including phenoxy) is 1. The number of likely N-dealkylation sites (tertiary alicyclic amines) is 1. The van der Waals surface area contributed by atoms with Crippen LogP contribution in [0.4, 0.5) is 4.79 Å². The van der Waals surface area contributed by atoms with Gasteiger partial charge in [0.1, 0.15) is 5.60 Å². The van der Waals surface area contributed by atoms with Gasteiger partial charge < -0.3 is 14.7 Å². The summed E-state index contributed by atoms with van der Waals surface area (Å²) in [7, 11) is 0. The number of aliphatic hydroxyl groups excluding tert-OH is 1. The molecule has 1 aliphatic rings. The van der Waals surface area contributed by atoms with Gasteiger partial charge in [-0.25, -0.2) is 4.79 Å². The van der Waals surface area contributed by atoms with Gasteiger partial charge in [-0.2, -0.15) is 0 Å². The van der Waals surface area contributed by atoms with Crippen LogP contribution in [-0.4, -0.2) is 40.4 Å². The lowest BCUT2D eigenvalue weighted by Gasteiger charge is -2.26. The summed E-state index contributed by atoms with van der Waals surface area (Å²) >= 11 is 0. The Balaban J connectivity index is 0.00000106. The fourth-order valence-corrected chi connectivity index (χ4v) is 1.58. The normalized spacial score (nSPS) is 24.8. The summed E-state index contributed by atoms with van der Waals surface area (Å²) in [5.74, 6) is 0. The average Bonchev–Trinajstić information content (AvgIpc) is 2.46. The Kier molecular flexibility index (Phi) is 5.79. The van der Waals surface area contributed by atoms with Crippen LogP contribution in [0.1, 0.15) is 48.0 Å². The molecule has 4 nitrogen and oxygen atoms in total. The Labute approximate surface area is 98.6 Å². The molecule has 0 aromatic rings. The Morgan fingerprint density at radius 2 is 1.88 bits per heavy atom. The maximum atomic E-state index is 11.6. The van der Waals surface area contributed by atoms with Crippen molar-refractivity contribution in [1.82, 2.24) is 4.90 Å². The Morgan fingerprint density at radius 1 is 1.38 bits per heavy atom. The standard InChI is InChI=1S/C10H19NO3.C2H6/c1-7-5-8(12)6-11(7)9(13)14-10(2,3)4;1-2/h7-8,12H,5-6H2,1-4H3;1-2H3/t7-,8-;/m1./s1. The quantitative estimate of drug-likeness (QED) is 0.696. The number of β-amino-alcohol motifs (C(OH)–C–C–N with tert-alkyl or cyclic N) is 1. The summed E-state index contributed by atoms with van der Waals surface area (Å²) in [6, 6.07) is 0.0693. The second kappa shape index (κ2) is 6.09. The fraction of sp³-hybridized carbons (Fsp3) is 0.917. The smallest absolute Gasteiger partial charge is 0.410 e. The highest BCUT2D eigenvalue weighted by molar-refractivity contribution is 5.69. The molecule has 0 bridgehead atoms. The molecule has 1 amide bonds. The van der Waals surface area contributed by atoms with E-state index in [2.05, 4.69) is 0 Å². The van der Waals surface area contributed by atoms with Crippen LogP contribution in [0.2, 0.25) is 0 Å². The van der Waals surface area contributed by atoms with E-state index in [1.54, 1.807) is 4.90 Å². The van der Waals surface area contributed by atoms with Crippen molar-refractivity contribution >= 4 is 6.09 Å². The number of amides is 1. The van der Waals surface area contributed by atoms with Crippen molar-refractivity contribution in [3.63, 3.8) is 0 Å². The Bertz CT molecular complexity index is 223. The predicted molar refractivity (Wildman–Crippen MR) is 64.4 cm³/mol. The topological polar surface area (TPSA) is 49.8 Å². The third-order valence-corrected chi connectivity index (χ3v) is 2.18. The zero-order chi connectivity index (χ0) is 12.9. The number of hydrogen-bond acceptors (Lipinski definition) is 3. The first-order valence-electron chi connectivity index (χ1n) is 5.97. The lowest BCUT2D eigenvalue weighted by molar-refractivity contribution is 0.0220. The molecule has 1 fully saturated rings. The molecule has 0 saturated carbocycles. The molecule has 2 atom stereocenters. The number of carbonyl (C=O) groups is 1. The minimum atomic E-state index is -0.468. The highest BCUT2D eigenvalue weighted by Crippen LogP contribution is 2.20. The summed E-state index contributed by atoms with van der Waals surface area (Å²) in [5, 5.41) is 9.37.